The molecule has 0 bridgehead atoms. The normalized spacial score (nSPS) is 21.0. The van der Waals surface area contributed by atoms with E-state index < -0.39 is 20.0 Å². The Balaban J connectivity index is 2.52. The highest BCUT2D eigenvalue weighted by atomic mass is 28.3. The number of carbonyl (C=O) groups excluding carboxylic acids is 1. The number of ether oxygens (including phenoxy) is 1. The maximum atomic E-state index is 11.4. The molecule has 1 aliphatic carbocycles. The lowest BCUT2D eigenvalue weighted by atomic mass is 9.94. The molecule has 17 heavy (non-hydrogen) atoms. The molecule has 0 fully saturated rings. The molecular weight excluding hydrogens is 236 g/mol. The number of ketones is 1. The maximum Gasteiger partial charge on any atom is 0.310 e. The molecule has 96 valence electrons. The molecule has 1 unspecified atom stereocenters. The van der Waals surface area contributed by atoms with Crippen LogP contribution in [-0.4, -0.2) is 31.5 Å². The highest BCUT2D eigenvalue weighted by Crippen LogP contribution is 2.22. The first-order valence-electron chi connectivity index (χ1n) is 5.86. The molecule has 0 saturated heterocycles. The van der Waals surface area contributed by atoms with Crippen LogP contribution in [0.15, 0.2) is 11.8 Å². The SMILES string of the molecule is C[Si](C)(C)CCOC1=CC(C(=O)O)CC(=O)C1. The lowest BCUT2D eigenvalue weighted by molar-refractivity contribution is -0.142. The number of allylic oxidation sites excluding steroid dienone is 1. The molecule has 0 saturated carbocycles. The molecule has 1 N–H and O–H groups in total. The van der Waals surface area contributed by atoms with Crippen molar-refractivity contribution in [3.63, 3.8) is 0 Å². The molecule has 0 heterocycles. The number of rotatable bonds is 5. The summed E-state index contributed by atoms with van der Waals surface area (Å²) in [7, 11) is -1.15. The van der Waals surface area contributed by atoms with Crippen molar-refractivity contribution < 1.29 is 19.4 Å². The Hall–Kier alpha value is -1.10. The summed E-state index contributed by atoms with van der Waals surface area (Å²) in [5, 5.41) is 8.88. The van der Waals surface area contributed by atoms with Crippen LogP contribution in [0.5, 0.6) is 0 Å². The molecule has 0 spiro atoms. The summed E-state index contributed by atoms with van der Waals surface area (Å²) < 4.78 is 5.52. The number of carboxylic acids is 1. The van der Waals surface area contributed by atoms with Gasteiger partial charge in [-0.25, -0.2) is 0 Å². The average Bonchev–Trinajstić information content (AvgIpc) is 2.14. The Morgan fingerprint density at radius 3 is 2.71 bits per heavy atom. The summed E-state index contributed by atoms with van der Waals surface area (Å²) in [5.41, 5.74) is 0. The Morgan fingerprint density at radius 2 is 2.18 bits per heavy atom. The van der Waals surface area contributed by atoms with Crippen LogP contribution in [0.4, 0.5) is 0 Å². The van der Waals surface area contributed by atoms with Crippen molar-refractivity contribution in [3.05, 3.63) is 11.8 Å². The lowest BCUT2D eigenvalue weighted by Crippen LogP contribution is -2.24. The van der Waals surface area contributed by atoms with Gasteiger partial charge in [-0.15, -0.1) is 0 Å². The minimum atomic E-state index is -1.15. The summed E-state index contributed by atoms with van der Waals surface area (Å²) in [5.74, 6) is -1.18. The zero-order valence-corrected chi connectivity index (χ0v) is 11.7. The van der Waals surface area contributed by atoms with E-state index in [-0.39, 0.29) is 18.6 Å². The van der Waals surface area contributed by atoms with E-state index in [2.05, 4.69) is 19.6 Å². The third-order valence-corrected chi connectivity index (χ3v) is 4.37. The van der Waals surface area contributed by atoms with E-state index in [4.69, 9.17) is 9.84 Å². The van der Waals surface area contributed by atoms with Gasteiger partial charge in [0.15, 0.2) is 0 Å². The smallest absolute Gasteiger partial charge is 0.310 e. The number of Topliss-reactive ketones (excluding diaryl/α,β-unsaturated/α-hetero) is 1. The number of carbonyl (C=O) groups is 2. The minimum absolute atomic E-state index is 0.0529. The monoisotopic (exact) mass is 256 g/mol. The number of hydrogen-bond donors (Lipinski definition) is 1. The second-order valence-electron chi connectivity index (χ2n) is 5.66. The molecule has 0 aliphatic heterocycles. The van der Waals surface area contributed by atoms with Gasteiger partial charge in [0.05, 0.1) is 18.9 Å². The van der Waals surface area contributed by atoms with Crippen LogP contribution in [-0.2, 0) is 14.3 Å². The van der Waals surface area contributed by atoms with E-state index in [1.54, 1.807) is 6.08 Å². The van der Waals surface area contributed by atoms with Crippen molar-refractivity contribution in [2.45, 2.75) is 38.5 Å². The molecule has 0 aromatic rings. The van der Waals surface area contributed by atoms with E-state index in [1.165, 1.54) is 0 Å². The third kappa shape index (κ3) is 5.17. The van der Waals surface area contributed by atoms with E-state index in [1.807, 2.05) is 0 Å². The van der Waals surface area contributed by atoms with Crippen molar-refractivity contribution >= 4 is 19.8 Å². The van der Waals surface area contributed by atoms with Crippen molar-refractivity contribution in [2.75, 3.05) is 6.61 Å². The lowest BCUT2D eigenvalue weighted by Gasteiger charge is -2.20. The van der Waals surface area contributed by atoms with Gasteiger partial charge < -0.3 is 9.84 Å². The summed E-state index contributed by atoms with van der Waals surface area (Å²) in [6, 6.07) is 1.01. The van der Waals surface area contributed by atoms with E-state index in [9.17, 15) is 9.59 Å². The Kier molecular flexibility index (Phi) is 4.51. The topological polar surface area (TPSA) is 63.6 Å². The van der Waals surface area contributed by atoms with Gasteiger partial charge in [-0.1, -0.05) is 19.6 Å². The third-order valence-electron chi connectivity index (χ3n) is 2.66. The Labute approximate surface area is 103 Å². The van der Waals surface area contributed by atoms with Crippen LogP contribution in [0, 0.1) is 5.92 Å². The van der Waals surface area contributed by atoms with Crippen molar-refractivity contribution in [1.29, 1.82) is 0 Å². The molecule has 5 heteroatoms. The second kappa shape index (κ2) is 5.49. The first kappa shape index (κ1) is 14.0. The standard InChI is InChI=1S/C12H20O4Si/c1-17(2,3)5-4-16-11-7-9(12(14)15)6-10(13)8-11/h7,9H,4-6,8H2,1-3H3,(H,14,15). The van der Waals surface area contributed by atoms with Crippen molar-refractivity contribution in [3.8, 4) is 0 Å². The van der Waals surface area contributed by atoms with E-state index in [0.29, 0.717) is 12.4 Å². The minimum Gasteiger partial charge on any atom is -0.498 e. The molecular formula is C12H20O4Si. The van der Waals surface area contributed by atoms with Crippen LogP contribution in [0.3, 0.4) is 0 Å². The molecule has 0 amide bonds. The zero-order chi connectivity index (χ0) is 13.1. The molecule has 1 atom stereocenters. The fourth-order valence-electron chi connectivity index (χ4n) is 1.60. The predicted molar refractivity (Wildman–Crippen MR) is 67.6 cm³/mol. The van der Waals surface area contributed by atoms with Crippen LogP contribution in [0.1, 0.15) is 12.8 Å². The molecule has 0 radical (unpaired) electrons. The van der Waals surface area contributed by atoms with Crippen LogP contribution in [0.2, 0.25) is 25.7 Å². The number of carboxylic acid groups (broad SMARTS) is 1. The van der Waals surface area contributed by atoms with Crippen molar-refractivity contribution in [1.82, 2.24) is 0 Å². The number of hydrogen-bond acceptors (Lipinski definition) is 3. The first-order valence-corrected chi connectivity index (χ1v) is 9.56. The van der Waals surface area contributed by atoms with Crippen LogP contribution in [0.25, 0.3) is 0 Å². The summed E-state index contributed by atoms with van der Waals surface area (Å²) in [6.07, 6.45) is 1.92. The van der Waals surface area contributed by atoms with Gasteiger partial charge in [0.2, 0.25) is 0 Å². The summed E-state index contributed by atoms with van der Waals surface area (Å²) >= 11 is 0. The summed E-state index contributed by atoms with van der Waals surface area (Å²) in [6.45, 7) is 7.33. The molecule has 1 rings (SSSR count). The quantitative estimate of drug-likeness (QED) is 0.767. The average molecular weight is 256 g/mol. The predicted octanol–water partition coefficient (Wildman–Crippen LogP) is 2.29. The first-order chi connectivity index (χ1) is 7.78. The van der Waals surface area contributed by atoms with Gasteiger partial charge in [-0.3, -0.25) is 9.59 Å². The number of aliphatic carboxylic acids is 1. The highest BCUT2D eigenvalue weighted by molar-refractivity contribution is 6.76. The Morgan fingerprint density at radius 1 is 1.53 bits per heavy atom. The molecule has 0 aromatic carbocycles. The van der Waals surface area contributed by atoms with Crippen LogP contribution < -0.4 is 0 Å². The van der Waals surface area contributed by atoms with Gasteiger partial charge in [0.1, 0.15) is 11.5 Å². The fourth-order valence-corrected chi connectivity index (χ4v) is 2.31. The van der Waals surface area contributed by atoms with Gasteiger partial charge in [0.25, 0.3) is 0 Å². The highest BCUT2D eigenvalue weighted by Gasteiger charge is 2.26. The second-order valence-corrected chi connectivity index (χ2v) is 11.3. The maximum absolute atomic E-state index is 11.4. The zero-order valence-electron chi connectivity index (χ0n) is 10.7. The Bertz CT molecular complexity index is 341. The van der Waals surface area contributed by atoms with Crippen LogP contribution >= 0.6 is 0 Å². The van der Waals surface area contributed by atoms with Gasteiger partial charge in [-0.2, -0.15) is 0 Å². The molecule has 0 aromatic heterocycles. The summed E-state index contributed by atoms with van der Waals surface area (Å²) in [4.78, 5) is 22.2. The molecule has 4 nitrogen and oxygen atoms in total. The van der Waals surface area contributed by atoms with Crippen molar-refractivity contribution in [2.24, 2.45) is 5.92 Å². The van der Waals surface area contributed by atoms with E-state index >= 15 is 0 Å². The van der Waals surface area contributed by atoms with Gasteiger partial charge in [-0.05, 0) is 12.1 Å². The largest absolute Gasteiger partial charge is 0.498 e. The fraction of sp³-hybridized carbons (Fsp3) is 0.667. The van der Waals surface area contributed by atoms with Gasteiger partial charge in [0, 0.05) is 14.5 Å². The molecule has 1 aliphatic rings. The van der Waals surface area contributed by atoms with Gasteiger partial charge >= 0.3 is 5.97 Å². The van der Waals surface area contributed by atoms with E-state index in [0.717, 1.165) is 6.04 Å².